The lowest BCUT2D eigenvalue weighted by Gasteiger charge is -2.22. The molecule has 0 aromatic carbocycles. The Hall–Kier alpha value is -2.22. The average Bonchev–Trinajstić information content (AvgIpc) is 3.35. The van der Waals surface area contributed by atoms with E-state index in [-0.39, 0.29) is 11.6 Å². The van der Waals surface area contributed by atoms with E-state index in [9.17, 15) is 4.79 Å². The third-order valence-corrected chi connectivity index (χ3v) is 5.83. The van der Waals surface area contributed by atoms with Crippen LogP contribution in [0.5, 0.6) is 0 Å². The Bertz CT molecular complexity index is 936. The molecule has 1 atom stereocenters. The first-order valence-corrected chi connectivity index (χ1v) is 10.1. The molecule has 0 saturated heterocycles. The van der Waals surface area contributed by atoms with Gasteiger partial charge < -0.3 is 0 Å². The fourth-order valence-electron chi connectivity index (χ4n) is 3.57. The number of fused-ring (bicyclic) bond motifs is 1. The van der Waals surface area contributed by atoms with Crippen molar-refractivity contribution in [3.05, 3.63) is 50.3 Å². The van der Waals surface area contributed by atoms with Gasteiger partial charge in [-0.15, -0.1) is 11.3 Å². The van der Waals surface area contributed by atoms with E-state index in [1.807, 2.05) is 0 Å². The van der Waals surface area contributed by atoms with Crippen molar-refractivity contribution in [2.75, 3.05) is 0 Å². The summed E-state index contributed by atoms with van der Waals surface area (Å²) in [7, 11) is 1.71. The van der Waals surface area contributed by atoms with Crippen molar-refractivity contribution < 1.29 is 0 Å². The number of thiophene rings is 1. The van der Waals surface area contributed by atoms with Crippen molar-refractivity contribution in [1.29, 1.82) is 0 Å². The summed E-state index contributed by atoms with van der Waals surface area (Å²) in [5.41, 5.74) is -0.0388. The van der Waals surface area contributed by atoms with Gasteiger partial charge in [0.25, 0.3) is 0 Å². The summed E-state index contributed by atoms with van der Waals surface area (Å²) in [5, 5.41) is 11.2. The lowest BCUT2D eigenvalue weighted by atomic mass is 9.98. The van der Waals surface area contributed by atoms with E-state index in [0.717, 1.165) is 56.1 Å². The number of aromatic nitrogens is 6. The Morgan fingerprint density at radius 3 is 3.00 bits per heavy atom. The summed E-state index contributed by atoms with van der Waals surface area (Å²) in [5.74, 6) is 2.99. The summed E-state index contributed by atoms with van der Waals surface area (Å²) in [6.45, 7) is 3.71. The van der Waals surface area contributed by atoms with Crippen molar-refractivity contribution in [3.63, 3.8) is 0 Å². The Labute approximate surface area is 156 Å². The van der Waals surface area contributed by atoms with Gasteiger partial charge in [-0.2, -0.15) is 10.2 Å². The second-order valence-corrected chi connectivity index (χ2v) is 7.92. The molecule has 4 heterocycles. The molecule has 0 amide bonds. The highest BCUT2D eigenvalue weighted by Crippen LogP contribution is 2.27. The lowest BCUT2D eigenvalue weighted by Crippen LogP contribution is -2.30. The Balaban J connectivity index is 1.62. The van der Waals surface area contributed by atoms with Gasteiger partial charge in [-0.25, -0.2) is 19.1 Å². The highest BCUT2D eigenvalue weighted by Gasteiger charge is 2.28. The van der Waals surface area contributed by atoms with E-state index < -0.39 is 0 Å². The third kappa shape index (κ3) is 3.25. The van der Waals surface area contributed by atoms with Crippen molar-refractivity contribution in [1.82, 2.24) is 29.1 Å². The fraction of sp³-hybridized carbons (Fsp3) is 0.556. The van der Waals surface area contributed by atoms with Gasteiger partial charge in [-0.1, -0.05) is 19.4 Å². The van der Waals surface area contributed by atoms with E-state index in [0.29, 0.717) is 6.54 Å². The maximum Gasteiger partial charge on any atom is 0.345 e. The number of nitrogens with zero attached hydrogens (tertiary/aromatic N) is 6. The number of rotatable bonds is 6. The fourth-order valence-corrected chi connectivity index (χ4v) is 4.27. The summed E-state index contributed by atoms with van der Waals surface area (Å²) in [4.78, 5) is 18.4. The van der Waals surface area contributed by atoms with Crippen LogP contribution >= 0.6 is 11.3 Å². The molecule has 7 nitrogen and oxygen atoms in total. The molecule has 138 valence electrons. The standard InChI is InChI=1S/C18H24N6OS/c1-3-4-9-24-17(19-15(20-24)11-14-6-5-10-26-14)13-7-8-16-21-22(2)18(25)23(16)12-13/h5-6,10,13H,3-4,7-9,11-12H2,1-2H3/t13-/m0/s1. The predicted octanol–water partition coefficient (Wildman–Crippen LogP) is 2.36. The molecule has 3 aromatic heterocycles. The molecule has 0 saturated carbocycles. The molecule has 4 rings (SSSR count). The van der Waals surface area contributed by atoms with Crippen molar-refractivity contribution in [2.45, 2.75) is 58.0 Å². The molecular weight excluding hydrogens is 348 g/mol. The van der Waals surface area contributed by atoms with Crippen LogP contribution in [0.2, 0.25) is 0 Å². The minimum atomic E-state index is -0.0388. The van der Waals surface area contributed by atoms with Gasteiger partial charge in [0.1, 0.15) is 11.6 Å². The van der Waals surface area contributed by atoms with E-state index in [1.165, 1.54) is 9.56 Å². The Kier molecular flexibility index (Phi) is 4.76. The van der Waals surface area contributed by atoms with Gasteiger partial charge in [0, 0.05) is 43.8 Å². The van der Waals surface area contributed by atoms with E-state index in [2.05, 4.69) is 34.2 Å². The molecular formula is C18H24N6OS. The van der Waals surface area contributed by atoms with Gasteiger partial charge in [-0.05, 0) is 24.3 Å². The topological polar surface area (TPSA) is 70.5 Å². The molecule has 26 heavy (non-hydrogen) atoms. The minimum Gasteiger partial charge on any atom is -0.278 e. The zero-order valence-corrected chi connectivity index (χ0v) is 16.1. The maximum atomic E-state index is 12.3. The molecule has 0 spiro atoms. The minimum absolute atomic E-state index is 0.0388. The van der Waals surface area contributed by atoms with Crippen LogP contribution < -0.4 is 5.69 Å². The second kappa shape index (κ2) is 7.19. The molecule has 0 unspecified atom stereocenters. The first kappa shape index (κ1) is 17.2. The van der Waals surface area contributed by atoms with Gasteiger partial charge in [-0.3, -0.25) is 4.57 Å². The quantitative estimate of drug-likeness (QED) is 0.666. The largest absolute Gasteiger partial charge is 0.345 e. The van der Waals surface area contributed by atoms with Gasteiger partial charge >= 0.3 is 5.69 Å². The molecule has 1 aliphatic heterocycles. The van der Waals surface area contributed by atoms with Crippen LogP contribution in [-0.2, 0) is 33.0 Å². The number of hydrogen-bond acceptors (Lipinski definition) is 5. The summed E-state index contributed by atoms with van der Waals surface area (Å²) < 4.78 is 5.30. The van der Waals surface area contributed by atoms with Crippen LogP contribution in [0.1, 0.15) is 54.5 Å². The zero-order chi connectivity index (χ0) is 18.1. The molecule has 0 fully saturated rings. The van der Waals surface area contributed by atoms with E-state index in [4.69, 9.17) is 10.1 Å². The first-order valence-electron chi connectivity index (χ1n) is 9.24. The SMILES string of the molecule is CCCCn1nc(Cc2cccs2)nc1[C@H]1CCc2nn(C)c(=O)n2C1. The first-order chi connectivity index (χ1) is 12.7. The second-order valence-electron chi connectivity index (χ2n) is 6.89. The molecule has 8 heteroatoms. The van der Waals surface area contributed by atoms with Gasteiger partial charge in [0.05, 0.1) is 0 Å². The summed E-state index contributed by atoms with van der Waals surface area (Å²) in [6.07, 6.45) is 4.74. The average molecular weight is 372 g/mol. The highest BCUT2D eigenvalue weighted by atomic mass is 32.1. The number of hydrogen-bond donors (Lipinski definition) is 0. The highest BCUT2D eigenvalue weighted by molar-refractivity contribution is 7.09. The molecule has 0 aliphatic carbocycles. The smallest absolute Gasteiger partial charge is 0.278 e. The van der Waals surface area contributed by atoms with Crippen LogP contribution in [0.4, 0.5) is 0 Å². The molecule has 0 radical (unpaired) electrons. The predicted molar refractivity (Wildman–Crippen MR) is 101 cm³/mol. The monoisotopic (exact) mass is 372 g/mol. The van der Waals surface area contributed by atoms with Crippen molar-refractivity contribution in [2.24, 2.45) is 7.05 Å². The van der Waals surface area contributed by atoms with Crippen LogP contribution in [-0.4, -0.2) is 29.1 Å². The third-order valence-electron chi connectivity index (χ3n) is 4.95. The van der Waals surface area contributed by atoms with E-state index >= 15 is 0 Å². The molecule has 3 aromatic rings. The van der Waals surface area contributed by atoms with Crippen molar-refractivity contribution >= 4 is 11.3 Å². The maximum absolute atomic E-state index is 12.3. The van der Waals surface area contributed by atoms with E-state index in [1.54, 1.807) is 23.0 Å². The Morgan fingerprint density at radius 1 is 1.35 bits per heavy atom. The van der Waals surface area contributed by atoms with Gasteiger partial charge in [0.2, 0.25) is 0 Å². The summed E-state index contributed by atoms with van der Waals surface area (Å²) in [6, 6.07) is 4.19. The zero-order valence-electron chi connectivity index (χ0n) is 15.3. The normalized spacial score (nSPS) is 16.8. The lowest BCUT2D eigenvalue weighted by molar-refractivity contribution is 0.406. The van der Waals surface area contributed by atoms with Crippen LogP contribution in [0.25, 0.3) is 0 Å². The van der Waals surface area contributed by atoms with Gasteiger partial charge in [0.15, 0.2) is 5.82 Å². The van der Waals surface area contributed by atoms with Crippen LogP contribution in [0, 0.1) is 0 Å². The number of unbranched alkanes of at least 4 members (excludes halogenated alkanes) is 1. The van der Waals surface area contributed by atoms with Crippen molar-refractivity contribution in [3.8, 4) is 0 Å². The summed E-state index contributed by atoms with van der Waals surface area (Å²) >= 11 is 1.74. The molecule has 0 N–H and O–H groups in total. The molecule has 0 bridgehead atoms. The van der Waals surface area contributed by atoms with Crippen LogP contribution in [0.15, 0.2) is 22.3 Å². The molecule has 1 aliphatic rings. The number of aryl methyl sites for hydroxylation is 3. The Morgan fingerprint density at radius 2 is 2.23 bits per heavy atom. The van der Waals surface area contributed by atoms with Crippen LogP contribution in [0.3, 0.4) is 0 Å².